The lowest BCUT2D eigenvalue weighted by Crippen LogP contribution is -2.51. The van der Waals surface area contributed by atoms with Gasteiger partial charge >= 0.3 is 0 Å². The maximum atomic E-state index is 13.0. The molecule has 1 amide bonds. The molecule has 3 aromatic rings. The topological polar surface area (TPSA) is 77.6 Å². The number of aryl methyl sites for hydroxylation is 1. The van der Waals surface area contributed by atoms with Crippen LogP contribution in [0.1, 0.15) is 37.7 Å². The quantitative estimate of drug-likeness (QED) is 0.765. The number of benzene rings is 1. The van der Waals surface area contributed by atoms with E-state index in [4.69, 9.17) is 0 Å². The molecule has 1 aliphatic rings. The molecule has 0 unspecified atom stereocenters. The Labute approximate surface area is 152 Å². The highest BCUT2D eigenvalue weighted by atomic mass is 16.2. The number of hydrogen-bond donors (Lipinski definition) is 1. The third-order valence-corrected chi connectivity index (χ3v) is 5.46. The van der Waals surface area contributed by atoms with Gasteiger partial charge in [0, 0.05) is 24.8 Å². The second-order valence-electron chi connectivity index (χ2n) is 7.17. The van der Waals surface area contributed by atoms with Gasteiger partial charge < -0.3 is 9.88 Å². The van der Waals surface area contributed by atoms with E-state index in [1.807, 2.05) is 0 Å². The summed E-state index contributed by atoms with van der Waals surface area (Å²) < 4.78 is 3.83. The van der Waals surface area contributed by atoms with Crippen molar-refractivity contribution in [3.05, 3.63) is 42.4 Å². The molecule has 1 aliphatic carbocycles. The second kappa shape index (κ2) is 6.90. The molecule has 7 nitrogen and oxygen atoms in total. The van der Waals surface area contributed by atoms with Gasteiger partial charge in [-0.1, -0.05) is 30.9 Å². The number of rotatable bonds is 5. The number of fused-ring (bicyclic) bond motifs is 1. The normalized spacial score (nSPS) is 16.7. The third kappa shape index (κ3) is 2.98. The minimum Gasteiger partial charge on any atom is -0.352 e. The number of tetrazole rings is 1. The van der Waals surface area contributed by atoms with Crippen LogP contribution < -0.4 is 5.32 Å². The SMILES string of the molecule is Cc1ccc2c(ccn2CCNC(=O)C2(n3cnnn3)CCCCC2)c1. The van der Waals surface area contributed by atoms with Crippen molar-refractivity contribution in [2.24, 2.45) is 0 Å². The standard InChI is InChI=1S/C19H24N6O/c1-15-5-6-17-16(13-15)7-11-24(17)12-10-20-18(26)19(8-3-2-4-9-19)25-14-21-22-23-25/h5-7,11,13-14H,2-4,8-10,12H2,1H3,(H,20,26). The largest absolute Gasteiger partial charge is 0.352 e. The van der Waals surface area contributed by atoms with Crippen LogP contribution in [0.25, 0.3) is 10.9 Å². The molecular formula is C19H24N6O. The van der Waals surface area contributed by atoms with Crippen molar-refractivity contribution < 1.29 is 4.79 Å². The van der Waals surface area contributed by atoms with Crippen LogP contribution in [0.4, 0.5) is 0 Å². The predicted molar refractivity (Wildman–Crippen MR) is 98.6 cm³/mol. The summed E-state index contributed by atoms with van der Waals surface area (Å²) in [6.07, 6.45) is 8.42. The number of hydrogen-bond acceptors (Lipinski definition) is 4. The minimum absolute atomic E-state index is 0.0248. The number of nitrogens with one attached hydrogen (secondary N) is 1. The molecule has 1 aromatic carbocycles. The molecule has 2 aromatic heterocycles. The van der Waals surface area contributed by atoms with Gasteiger partial charge in [0.1, 0.15) is 11.9 Å². The molecule has 0 aliphatic heterocycles. The Kier molecular flexibility index (Phi) is 4.44. The fourth-order valence-corrected chi connectivity index (χ4v) is 4.02. The minimum atomic E-state index is -0.641. The van der Waals surface area contributed by atoms with Crippen LogP contribution >= 0.6 is 0 Å². The first kappa shape index (κ1) is 16.8. The van der Waals surface area contributed by atoms with E-state index < -0.39 is 5.54 Å². The molecule has 0 bridgehead atoms. The Morgan fingerprint density at radius 1 is 1.23 bits per heavy atom. The average molecular weight is 352 g/mol. The predicted octanol–water partition coefficient (Wildman–Crippen LogP) is 2.41. The van der Waals surface area contributed by atoms with Gasteiger partial charge in [0.2, 0.25) is 5.91 Å². The lowest BCUT2D eigenvalue weighted by atomic mass is 9.81. The number of aromatic nitrogens is 5. The zero-order valence-corrected chi connectivity index (χ0v) is 15.1. The summed E-state index contributed by atoms with van der Waals surface area (Å²) in [4.78, 5) is 13.0. The molecule has 0 saturated heterocycles. The highest BCUT2D eigenvalue weighted by Crippen LogP contribution is 2.34. The number of amides is 1. The fraction of sp³-hybridized carbons (Fsp3) is 0.474. The molecular weight excluding hydrogens is 328 g/mol. The van der Waals surface area contributed by atoms with Gasteiger partial charge in [0.15, 0.2) is 0 Å². The molecule has 0 atom stereocenters. The van der Waals surface area contributed by atoms with Gasteiger partial charge in [-0.25, -0.2) is 4.68 Å². The van der Waals surface area contributed by atoms with E-state index in [9.17, 15) is 4.79 Å². The van der Waals surface area contributed by atoms with Crippen molar-refractivity contribution in [3.63, 3.8) is 0 Å². The lowest BCUT2D eigenvalue weighted by Gasteiger charge is -2.35. The van der Waals surface area contributed by atoms with E-state index in [1.165, 1.54) is 16.5 Å². The van der Waals surface area contributed by atoms with Gasteiger partial charge in [0.05, 0.1) is 0 Å². The van der Waals surface area contributed by atoms with E-state index in [2.05, 4.69) is 62.8 Å². The summed E-state index contributed by atoms with van der Waals surface area (Å²) in [5, 5.41) is 15.9. The Morgan fingerprint density at radius 3 is 2.85 bits per heavy atom. The highest BCUT2D eigenvalue weighted by Gasteiger charge is 2.42. The van der Waals surface area contributed by atoms with Crippen molar-refractivity contribution >= 4 is 16.8 Å². The van der Waals surface area contributed by atoms with Crippen LogP contribution in [-0.2, 0) is 16.9 Å². The van der Waals surface area contributed by atoms with Gasteiger partial charge in [0.25, 0.3) is 0 Å². The fourth-order valence-electron chi connectivity index (χ4n) is 4.02. The van der Waals surface area contributed by atoms with Crippen molar-refractivity contribution in [1.82, 2.24) is 30.1 Å². The first-order valence-corrected chi connectivity index (χ1v) is 9.26. The third-order valence-electron chi connectivity index (χ3n) is 5.46. The number of carbonyl (C=O) groups excluding carboxylic acids is 1. The van der Waals surface area contributed by atoms with Crippen molar-refractivity contribution in [1.29, 1.82) is 0 Å². The van der Waals surface area contributed by atoms with E-state index in [-0.39, 0.29) is 5.91 Å². The van der Waals surface area contributed by atoms with Crippen LogP contribution in [0.15, 0.2) is 36.8 Å². The summed E-state index contributed by atoms with van der Waals surface area (Å²) in [7, 11) is 0. The average Bonchev–Trinajstić information content (AvgIpc) is 3.32. The molecule has 4 rings (SSSR count). The Bertz CT molecular complexity index is 892. The maximum absolute atomic E-state index is 13.0. The molecule has 7 heteroatoms. The first-order valence-electron chi connectivity index (χ1n) is 9.26. The van der Waals surface area contributed by atoms with Crippen molar-refractivity contribution in [2.45, 2.75) is 51.1 Å². The van der Waals surface area contributed by atoms with Gasteiger partial charge in [-0.3, -0.25) is 4.79 Å². The second-order valence-corrected chi connectivity index (χ2v) is 7.17. The van der Waals surface area contributed by atoms with Crippen molar-refractivity contribution in [3.8, 4) is 0 Å². The summed E-state index contributed by atoms with van der Waals surface area (Å²) in [5.41, 5.74) is 1.80. The highest BCUT2D eigenvalue weighted by molar-refractivity contribution is 5.84. The molecule has 2 heterocycles. The molecule has 1 fully saturated rings. The Balaban J connectivity index is 1.45. The van der Waals surface area contributed by atoms with Crippen LogP contribution in [-0.4, -0.2) is 37.2 Å². The summed E-state index contributed by atoms with van der Waals surface area (Å²) >= 11 is 0. The number of nitrogens with zero attached hydrogens (tertiary/aromatic N) is 5. The van der Waals surface area contributed by atoms with E-state index >= 15 is 0 Å². The van der Waals surface area contributed by atoms with Crippen LogP contribution in [0.3, 0.4) is 0 Å². The summed E-state index contributed by atoms with van der Waals surface area (Å²) in [6.45, 7) is 3.42. The first-order chi connectivity index (χ1) is 12.7. The zero-order chi connectivity index (χ0) is 18.0. The van der Waals surface area contributed by atoms with Crippen molar-refractivity contribution in [2.75, 3.05) is 6.54 Å². The van der Waals surface area contributed by atoms with Gasteiger partial charge in [-0.2, -0.15) is 0 Å². The lowest BCUT2D eigenvalue weighted by molar-refractivity contribution is -0.132. The molecule has 0 radical (unpaired) electrons. The van der Waals surface area contributed by atoms with E-state index in [0.717, 1.165) is 38.6 Å². The Morgan fingerprint density at radius 2 is 2.08 bits per heavy atom. The summed E-state index contributed by atoms with van der Waals surface area (Å²) in [6, 6.07) is 8.55. The molecule has 1 N–H and O–H groups in total. The van der Waals surface area contributed by atoms with E-state index in [1.54, 1.807) is 11.0 Å². The van der Waals surface area contributed by atoms with Gasteiger partial charge in [-0.05, 0) is 53.8 Å². The zero-order valence-electron chi connectivity index (χ0n) is 15.1. The molecule has 136 valence electrons. The molecule has 26 heavy (non-hydrogen) atoms. The van der Waals surface area contributed by atoms with Gasteiger partial charge in [-0.15, -0.1) is 5.10 Å². The monoisotopic (exact) mass is 352 g/mol. The van der Waals surface area contributed by atoms with Crippen LogP contribution in [0.2, 0.25) is 0 Å². The van der Waals surface area contributed by atoms with Crippen LogP contribution in [0, 0.1) is 6.92 Å². The molecule has 1 saturated carbocycles. The summed E-state index contributed by atoms with van der Waals surface area (Å²) in [5.74, 6) is 0.0248. The maximum Gasteiger partial charge on any atom is 0.248 e. The Hall–Kier alpha value is -2.70. The number of carbonyl (C=O) groups is 1. The molecule has 0 spiro atoms. The van der Waals surface area contributed by atoms with Crippen LogP contribution in [0.5, 0.6) is 0 Å². The van der Waals surface area contributed by atoms with E-state index in [0.29, 0.717) is 6.54 Å². The smallest absolute Gasteiger partial charge is 0.248 e.